The van der Waals surface area contributed by atoms with Crippen molar-refractivity contribution in [2.75, 3.05) is 26.0 Å². The number of primary amides is 1. The van der Waals surface area contributed by atoms with E-state index in [9.17, 15) is 13.2 Å². The molecule has 3 N–H and O–H groups in total. The third kappa shape index (κ3) is 4.22. The molecule has 0 heterocycles. The molecule has 6 nitrogen and oxygen atoms in total. The van der Waals surface area contributed by atoms with Gasteiger partial charge in [-0.25, -0.2) is 12.7 Å². The van der Waals surface area contributed by atoms with Crippen LogP contribution in [0.3, 0.4) is 0 Å². The molecular formula is C12H19N3O3S. The molecule has 0 atom stereocenters. The van der Waals surface area contributed by atoms with Gasteiger partial charge in [-0.1, -0.05) is 12.1 Å². The first-order valence-electron chi connectivity index (χ1n) is 5.89. The summed E-state index contributed by atoms with van der Waals surface area (Å²) in [5.41, 5.74) is 5.57. The van der Waals surface area contributed by atoms with Crippen molar-refractivity contribution in [1.29, 1.82) is 0 Å². The molecule has 0 unspecified atom stereocenters. The lowest BCUT2D eigenvalue weighted by Gasteiger charge is -2.16. The fourth-order valence-corrected chi connectivity index (χ4v) is 2.58. The van der Waals surface area contributed by atoms with Crippen LogP contribution in [0.1, 0.15) is 12.8 Å². The van der Waals surface area contributed by atoms with Crippen LogP contribution in [0.4, 0.5) is 5.69 Å². The Bertz CT molecular complexity index is 541. The summed E-state index contributed by atoms with van der Waals surface area (Å²) in [5, 5.41) is 3.02. The van der Waals surface area contributed by atoms with E-state index in [1.807, 2.05) is 0 Å². The Balaban J connectivity index is 2.83. The molecule has 7 heteroatoms. The monoisotopic (exact) mass is 285 g/mol. The van der Waals surface area contributed by atoms with Crippen LogP contribution >= 0.6 is 0 Å². The van der Waals surface area contributed by atoms with Gasteiger partial charge in [-0.05, 0) is 18.6 Å². The number of sulfonamides is 1. The van der Waals surface area contributed by atoms with Gasteiger partial charge in [0.25, 0.3) is 0 Å². The molecule has 0 aliphatic carbocycles. The Morgan fingerprint density at radius 1 is 1.32 bits per heavy atom. The zero-order valence-corrected chi connectivity index (χ0v) is 11.9. The number of rotatable bonds is 7. The van der Waals surface area contributed by atoms with Crippen LogP contribution in [0, 0.1) is 0 Å². The predicted octanol–water partition coefficient (Wildman–Crippen LogP) is 0.614. The van der Waals surface area contributed by atoms with Gasteiger partial charge in [-0.15, -0.1) is 0 Å². The number of para-hydroxylation sites is 1. The minimum absolute atomic E-state index is 0.221. The third-order valence-electron chi connectivity index (χ3n) is 2.56. The first kappa shape index (κ1) is 15.5. The molecule has 19 heavy (non-hydrogen) atoms. The summed E-state index contributed by atoms with van der Waals surface area (Å²) in [6.07, 6.45) is 0.835. The SMILES string of the molecule is CN(C)S(=O)(=O)c1ccccc1NCCCC(N)=O. The van der Waals surface area contributed by atoms with Crippen LogP contribution in [0.25, 0.3) is 0 Å². The van der Waals surface area contributed by atoms with Gasteiger partial charge in [0, 0.05) is 27.1 Å². The molecule has 1 aromatic rings. The molecule has 1 rings (SSSR count). The first-order chi connectivity index (χ1) is 8.85. The molecule has 1 amide bonds. The number of nitrogens with one attached hydrogen (secondary N) is 1. The van der Waals surface area contributed by atoms with E-state index in [1.165, 1.54) is 14.1 Å². The van der Waals surface area contributed by atoms with E-state index in [2.05, 4.69) is 5.32 Å². The van der Waals surface area contributed by atoms with E-state index in [-0.39, 0.29) is 17.2 Å². The number of anilines is 1. The topological polar surface area (TPSA) is 92.5 Å². The fraction of sp³-hybridized carbons (Fsp3) is 0.417. The molecule has 1 aromatic carbocycles. The van der Waals surface area contributed by atoms with Gasteiger partial charge >= 0.3 is 0 Å². The average Bonchev–Trinajstić information content (AvgIpc) is 2.34. The van der Waals surface area contributed by atoms with Gasteiger partial charge in [0.1, 0.15) is 4.90 Å². The van der Waals surface area contributed by atoms with E-state index in [0.29, 0.717) is 18.7 Å². The van der Waals surface area contributed by atoms with Crippen LogP contribution in [0.5, 0.6) is 0 Å². The normalized spacial score (nSPS) is 11.5. The van der Waals surface area contributed by atoms with Crippen molar-refractivity contribution in [3.8, 4) is 0 Å². The molecule has 0 aliphatic heterocycles. The van der Waals surface area contributed by atoms with Gasteiger partial charge < -0.3 is 11.1 Å². The molecule has 0 aromatic heterocycles. The zero-order valence-electron chi connectivity index (χ0n) is 11.1. The lowest BCUT2D eigenvalue weighted by molar-refractivity contribution is -0.118. The van der Waals surface area contributed by atoms with Crippen molar-refractivity contribution in [3.63, 3.8) is 0 Å². The van der Waals surface area contributed by atoms with Crippen molar-refractivity contribution >= 4 is 21.6 Å². The number of amides is 1. The van der Waals surface area contributed by atoms with Crippen LogP contribution in [-0.4, -0.2) is 39.3 Å². The van der Waals surface area contributed by atoms with Crippen LogP contribution in [0.2, 0.25) is 0 Å². The van der Waals surface area contributed by atoms with E-state index in [1.54, 1.807) is 24.3 Å². The fourth-order valence-electron chi connectivity index (χ4n) is 1.52. The van der Waals surface area contributed by atoms with Gasteiger partial charge in [-0.2, -0.15) is 0 Å². The Morgan fingerprint density at radius 2 is 1.95 bits per heavy atom. The van der Waals surface area contributed by atoms with E-state index >= 15 is 0 Å². The number of carbonyl (C=O) groups is 1. The third-order valence-corrected chi connectivity index (χ3v) is 4.43. The Labute approximate surface area is 113 Å². The molecule has 0 radical (unpaired) electrons. The van der Waals surface area contributed by atoms with Gasteiger partial charge in [0.2, 0.25) is 15.9 Å². The lowest BCUT2D eigenvalue weighted by Crippen LogP contribution is -2.23. The minimum Gasteiger partial charge on any atom is -0.384 e. The molecule has 0 fully saturated rings. The average molecular weight is 285 g/mol. The lowest BCUT2D eigenvalue weighted by atomic mass is 10.2. The number of nitrogens with zero attached hydrogens (tertiary/aromatic N) is 1. The van der Waals surface area contributed by atoms with Crippen molar-refractivity contribution < 1.29 is 13.2 Å². The van der Waals surface area contributed by atoms with Crippen LogP contribution in [-0.2, 0) is 14.8 Å². The van der Waals surface area contributed by atoms with E-state index < -0.39 is 10.0 Å². The van der Waals surface area contributed by atoms with Crippen molar-refractivity contribution in [1.82, 2.24) is 4.31 Å². The van der Waals surface area contributed by atoms with Crippen molar-refractivity contribution in [2.24, 2.45) is 5.73 Å². The number of benzene rings is 1. The molecule has 0 aliphatic rings. The zero-order chi connectivity index (χ0) is 14.5. The van der Waals surface area contributed by atoms with Gasteiger partial charge in [0.15, 0.2) is 0 Å². The summed E-state index contributed by atoms with van der Waals surface area (Å²) >= 11 is 0. The summed E-state index contributed by atoms with van der Waals surface area (Å²) in [7, 11) is -0.511. The maximum atomic E-state index is 12.1. The smallest absolute Gasteiger partial charge is 0.244 e. The maximum absolute atomic E-state index is 12.1. The summed E-state index contributed by atoms with van der Waals surface area (Å²) in [6.45, 7) is 0.489. The highest BCUT2D eigenvalue weighted by Crippen LogP contribution is 2.22. The number of nitrogens with two attached hydrogens (primary N) is 1. The first-order valence-corrected chi connectivity index (χ1v) is 7.33. The Hall–Kier alpha value is -1.60. The van der Waals surface area contributed by atoms with Gasteiger partial charge in [0.05, 0.1) is 5.69 Å². The summed E-state index contributed by atoms with van der Waals surface area (Å²) in [5.74, 6) is -0.365. The number of hydrogen-bond donors (Lipinski definition) is 2. The highest BCUT2D eigenvalue weighted by Gasteiger charge is 2.20. The van der Waals surface area contributed by atoms with Crippen molar-refractivity contribution in [2.45, 2.75) is 17.7 Å². The largest absolute Gasteiger partial charge is 0.384 e. The van der Waals surface area contributed by atoms with Crippen molar-refractivity contribution in [3.05, 3.63) is 24.3 Å². The van der Waals surface area contributed by atoms with E-state index in [4.69, 9.17) is 5.73 Å². The quantitative estimate of drug-likeness (QED) is 0.718. The predicted molar refractivity (Wildman–Crippen MR) is 74.2 cm³/mol. The molecule has 0 saturated carbocycles. The highest BCUT2D eigenvalue weighted by molar-refractivity contribution is 7.89. The van der Waals surface area contributed by atoms with E-state index in [0.717, 1.165) is 4.31 Å². The summed E-state index contributed by atoms with van der Waals surface area (Å²) in [4.78, 5) is 10.8. The number of carbonyl (C=O) groups excluding carboxylic acids is 1. The van der Waals surface area contributed by atoms with Gasteiger partial charge in [-0.3, -0.25) is 4.79 Å². The number of hydrogen-bond acceptors (Lipinski definition) is 4. The molecule has 0 bridgehead atoms. The standard InChI is InChI=1S/C12H19N3O3S/c1-15(2)19(17,18)11-7-4-3-6-10(11)14-9-5-8-12(13)16/h3-4,6-7,14H,5,8-9H2,1-2H3,(H2,13,16). The second kappa shape index (κ2) is 6.53. The second-order valence-corrected chi connectivity index (χ2v) is 6.40. The Morgan fingerprint density at radius 3 is 2.53 bits per heavy atom. The second-order valence-electron chi connectivity index (χ2n) is 4.28. The highest BCUT2D eigenvalue weighted by atomic mass is 32.2. The maximum Gasteiger partial charge on any atom is 0.244 e. The summed E-state index contributed by atoms with van der Waals surface area (Å²) < 4.78 is 25.4. The molecule has 106 valence electrons. The summed E-state index contributed by atoms with van der Waals surface area (Å²) in [6, 6.07) is 6.67. The molecule has 0 saturated heterocycles. The molecule has 0 spiro atoms. The Kier molecular flexibility index (Phi) is 5.31. The minimum atomic E-state index is -3.48. The van der Waals surface area contributed by atoms with Crippen LogP contribution < -0.4 is 11.1 Å². The van der Waals surface area contributed by atoms with Crippen LogP contribution in [0.15, 0.2) is 29.2 Å². The molecular weight excluding hydrogens is 266 g/mol.